The molecule has 27 heavy (non-hydrogen) atoms. The number of nitrogens with zero attached hydrogens (tertiary/aromatic N) is 5. The fraction of sp³-hybridized carbons (Fsp3) is 0.421. The van der Waals surface area contributed by atoms with Gasteiger partial charge in [-0.1, -0.05) is 42.8 Å². The van der Waals surface area contributed by atoms with Gasteiger partial charge in [-0.2, -0.15) is 0 Å². The third kappa shape index (κ3) is 7.88. The average Bonchev–Trinajstić information content (AvgIpc) is 3.07. The van der Waals surface area contributed by atoms with Gasteiger partial charge in [-0.15, -0.1) is 34.2 Å². The molecule has 0 amide bonds. The van der Waals surface area contributed by atoms with Gasteiger partial charge in [-0.05, 0) is 24.6 Å². The first-order valence-corrected chi connectivity index (χ1v) is 9.12. The molecule has 0 aliphatic heterocycles. The summed E-state index contributed by atoms with van der Waals surface area (Å²) in [6.45, 7) is 10.9. The van der Waals surface area contributed by atoms with Crippen LogP contribution in [0.4, 0.5) is 0 Å². The van der Waals surface area contributed by atoms with Gasteiger partial charge in [0, 0.05) is 38.1 Å². The fourth-order valence-electron chi connectivity index (χ4n) is 2.49. The highest BCUT2D eigenvalue weighted by molar-refractivity contribution is 14.0. The number of nitrogens with one attached hydrogen (secondary N) is 1. The summed E-state index contributed by atoms with van der Waals surface area (Å²) in [6, 6.07) is 7.86. The van der Waals surface area contributed by atoms with Crippen LogP contribution in [-0.2, 0) is 19.5 Å². The van der Waals surface area contributed by atoms with Crippen molar-refractivity contribution in [2.75, 3.05) is 20.1 Å². The monoisotopic (exact) mass is 502 g/mol. The van der Waals surface area contributed by atoms with Crippen molar-refractivity contribution in [1.29, 1.82) is 0 Å². The molecule has 0 saturated carbocycles. The predicted molar refractivity (Wildman–Crippen MR) is 123 cm³/mol. The maximum absolute atomic E-state index is 5.97. The van der Waals surface area contributed by atoms with Crippen LogP contribution < -0.4 is 5.32 Å². The second kappa shape index (κ2) is 12.0. The molecule has 1 heterocycles. The zero-order valence-corrected chi connectivity index (χ0v) is 19.2. The van der Waals surface area contributed by atoms with E-state index in [9.17, 15) is 0 Å². The summed E-state index contributed by atoms with van der Waals surface area (Å²) in [4.78, 5) is 6.76. The van der Waals surface area contributed by atoms with Crippen LogP contribution in [0.15, 0.2) is 47.7 Å². The third-order valence-corrected chi connectivity index (χ3v) is 4.09. The first-order chi connectivity index (χ1) is 12.5. The minimum absolute atomic E-state index is 0. The quantitative estimate of drug-likeness (QED) is 0.258. The lowest BCUT2D eigenvalue weighted by atomic mass is 10.2. The number of halogens is 2. The lowest BCUT2D eigenvalue weighted by Gasteiger charge is -2.23. The van der Waals surface area contributed by atoms with Gasteiger partial charge in [0.15, 0.2) is 5.96 Å². The number of rotatable bonds is 8. The molecule has 0 aliphatic carbocycles. The molecular formula is C19H28ClIN6. The topological polar surface area (TPSA) is 58.3 Å². The van der Waals surface area contributed by atoms with Crippen LogP contribution in [0.5, 0.6) is 0 Å². The second-order valence-electron chi connectivity index (χ2n) is 6.30. The first kappa shape index (κ1) is 23.4. The Kier molecular flexibility index (Phi) is 10.4. The number of hydrogen-bond acceptors (Lipinski definition) is 3. The molecule has 2 rings (SSSR count). The highest BCUT2D eigenvalue weighted by Crippen LogP contribution is 2.11. The van der Waals surface area contributed by atoms with Crippen molar-refractivity contribution in [3.63, 3.8) is 0 Å². The van der Waals surface area contributed by atoms with Crippen LogP contribution in [-0.4, -0.2) is 45.8 Å². The summed E-state index contributed by atoms with van der Waals surface area (Å²) in [5.74, 6) is 1.83. The van der Waals surface area contributed by atoms with E-state index >= 15 is 0 Å². The number of benzene rings is 1. The molecule has 1 aromatic heterocycles. The molecule has 0 atom stereocenters. The Morgan fingerprint density at radius 3 is 2.67 bits per heavy atom. The first-order valence-electron chi connectivity index (χ1n) is 8.74. The SMILES string of the molecule is C=C(C)CN=C(NCCn1cnnc1CC)N(C)Cc1ccc(Cl)cc1.I. The van der Waals surface area contributed by atoms with E-state index in [4.69, 9.17) is 11.6 Å². The molecule has 0 saturated heterocycles. The van der Waals surface area contributed by atoms with Gasteiger partial charge in [-0.25, -0.2) is 4.99 Å². The Labute approximate surface area is 183 Å². The highest BCUT2D eigenvalue weighted by Gasteiger charge is 2.08. The van der Waals surface area contributed by atoms with Gasteiger partial charge >= 0.3 is 0 Å². The minimum Gasteiger partial charge on any atom is -0.354 e. The fourth-order valence-corrected chi connectivity index (χ4v) is 2.61. The van der Waals surface area contributed by atoms with E-state index in [1.807, 2.05) is 38.2 Å². The van der Waals surface area contributed by atoms with Crippen LogP contribution in [0.25, 0.3) is 0 Å². The summed E-state index contributed by atoms with van der Waals surface area (Å²) in [5.41, 5.74) is 2.20. The largest absolute Gasteiger partial charge is 0.354 e. The number of aryl methyl sites for hydroxylation is 1. The molecular weight excluding hydrogens is 475 g/mol. The van der Waals surface area contributed by atoms with Gasteiger partial charge < -0.3 is 14.8 Å². The van der Waals surface area contributed by atoms with E-state index < -0.39 is 0 Å². The molecule has 0 bridgehead atoms. The molecule has 2 aromatic rings. The summed E-state index contributed by atoms with van der Waals surface area (Å²) >= 11 is 5.97. The van der Waals surface area contributed by atoms with Crippen molar-refractivity contribution in [2.45, 2.75) is 33.4 Å². The summed E-state index contributed by atoms with van der Waals surface area (Å²) in [6.07, 6.45) is 2.63. The van der Waals surface area contributed by atoms with E-state index in [1.165, 1.54) is 5.56 Å². The Morgan fingerprint density at radius 2 is 2.04 bits per heavy atom. The Balaban J connectivity index is 0.00000364. The lowest BCUT2D eigenvalue weighted by molar-refractivity contribution is 0.471. The highest BCUT2D eigenvalue weighted by atomic mass is 127. The molecule has 0 unspecified atom stereocenters. The van der Waals surface area contributed by atoms with E-state index in [-0.39, 0.29) is 24.0 Å². The number of aromatic nitrogens is 3. The van der Waals surface area contributed by atoms with E-state index in [1.54, 1.807) is 6.33 Å². The Hall–Kier alpha value is -1.61. The Bertz CT molecular complexity index is 741. The van der Waals surface area contributed by atoms with Gasteiger partial charge in [0.2, 0.25) is 0 Å². The molecule has 0 fully saturated rings. The average molecular weight is 503 g/mol. The third-order valence-electron chi connectivity index (χ3n) is 3.84. The van der Waals surface area contributed by atoms with Crippen molar-refractivity contribution >= 4 is 41.5 Å². The maximum Gasteiger partial charge on any atom is 0.194 e. The molecule has 6 nitrogen and oxygen atoms in total. The number of hydrogen-bond donors (Lipinski definition) is 1. The predicted octanol–water partition coefficient (Wildman–Crippen LogP) is 3.77. The molecule has 8 heteroatoms. The molecule has 148 valence electrons. The van der Waals surface area contributed by atoms with E-state index in [2.05, 4.69) is 43.5 Å². The van der Waals surface area contributed by atoms with E-state index in [0.717, 1.165) is 48.4 Å². The van der Waals surface area contributed by atoms with Gasteiger partial charge in [0.1, 0.15) is 12.2 Å². The molecule has 0 spiro atoms. The van der Waals surface area contributed by atoms with Crippen molar-refractivity contribution < 1.29 is 0 Å². The molecule has 0 radical (unpaired) electrons. The summed E-state index contributed by atoms with van der Waals surface area (Å²) in [7, 11) is 2.02. The molecule has 0 aliphatic rings. The molecule has 1 N–H and O–H groups in total. The zero-order chi connectivity index (χ0) is 18.9. The van der Waals surface area contributed by atoms with Gasteiger partial charge in [0.05, 0.1) is 6.54 Å². The maximum atomic E-state index is 5.97. The molecule has 1 aromatic carbocycles. The van der Waals surface area contributed by atoms with Crippen LogP contribution in [0.1, 0.15) is 25.2 Å². The normalized spacial score (nSPS) is 11.0. The van der Waals surface area contributed by atoms with Crippen LogP contribution in [0.3, 0.4) is 0 Å². The van der Waals surface area contributed by atoms with Crippen molar-refractivity contribution in [3.05, 3.63) is 59.2 Å². The summed E-state index contributed by atoms with van der Waals surface area (Å²) in [5, 5.41) is 12.3. The summed E-state index contributed by atoms with van der Waals surface area (Å²) < 4.78 is 2.06. The van der Waals surface area contributed by atoms with Crippen LogP contribution in [0, 0.1) is 0 Å². The minimum atomic E-state index is 0. The van der Waals surface area contributed by atoms with Crippen molar-refractivity contribution in [3.8, 4) is 0 Å². The van der Waals surface area contributed by atoms with E-state index in [0.29, 0.717) is 6.54 Å². The van der Waals surface area contributed by atoms with Crippen molar-refractivity contribution in [1.82, 2.24) is 25.0 Å². The van der Waals surface area contributed by atoms with Crippen LogP contribution in [0.2, 0.25) is 5.02 Å². The van der Waals surface area contributed by atoms with Gasteiger partial charge in [0.25, 0.3) is 0 Å². The smallest absolute Gasteiger partial charge is 0.194 e. The zero-order valence-electron chi connectivity index (χ0n) is 16.2. The number of guanidine groups is 1. The standard InChI is InChI=1S/C19H27ClN6.HI/c1-5-18-24-23-14-26(18)11-10-21-19(22-12-15(2)3)25(4)13-16-6-8-17(20)9-7-16;/h6-9,14H,2,5,10-13H2,1,3-4H3,(H,21,22);1H. The van der Waals surface area contributed by atoms with Crippen molar-refractivity contribution in [2.24, 2.45) is 4.99 Å². The lowest BCUT2D eigenvalue weighted by Crippen LogP contribution is -2.40. The van der Waals surface area contributed by atoms with Gasteiger partial charge in [-0.3, -0.25) is 0 Å². The number of aliphatic imine (C=N–C) groups is 1. The van der Waals surface area contributed by atoms with Crippen LogP contribution >= 0.6 is 35.6 Å². The Morgan fingerprint density at radius 1 is 1.33 bits per heavy atom. The second-order valence-corrected chi connectivity index (χ2v) is 6.74.